The van der Waals surface area contributed by atoms with Crippen LogP contribution in [0.5, 0.6) is 0 Å². The molecular weight excluding hydrogens is 1420 g/mol. The lowest BCUT2D eigenvalue weighted by Crippen LogP contribution is -2.40. The van der Waals surface area contributed by atoms with Crippen molar-refractivity contribution in [3.05, 3.63) is 48.6 Å². The van der Waals surface area contributed by atoms with Crippen molar-refractivity contribution in [1.82, 2.24) is 62.1 Å². The molecule has 0 aromatic rings. The van der Waals surface area contributed by atoms with E-state index in [-0.39, 0.29) is 41.7 Å². The Labute approximate surface area is 697 Å². The van der Waals surface area contributed by atoms with Crippen LogP contribution in [0.1, 0.15) is 350 Å². The maximum atomic E-state index is 12.6. The molecule has 19 nitrogen and oxygen atoms in total. The van der Waals surface area contributed by atoms with E-state index in [1.807, 2.05) is 9.80 Å². The van der Waals surface area contributed by atoms with Gasteiger partial charge in [-0.2, -0.15) is 0 Å². The first-order chi connectivity index (χ1) is 55.8. The first kappa shape index (κ1) is 101. The number of amides is 10. The predicted octanol–water partition coefficient (Wildman–Crippen LogP) is 19.4. The monoisotopic (exact) mass is 1600 g/mol. The number of rotatable bonds is 71. The number of carbonyl (C=O) groups is 7. The molecule has 3 aliphatic heterocycles. The first-order valence-electron chi connectivity index (χ1n) is 48.1. The average Bonchev–Trinajstić information content (AvgIpc) is 0.953. The Balaban J connectivity index is 0.000000500. The molecule has 10 amide bonds. The summed E-state index contributed by atoms with van der Waals surface area (Å²) >= 11 is 0. The first-order valence-corrected chi connectivity index (χ1v) is 48.1. The van der Waals surface area contributed by atoms with Crippen molar-refractivity contribution < 1.29 is 33.6 Å². The molecule has 5 aliphatic rings. The zero-order chi connectivity index (χ0) is 82.0. The van der Waals surface area contributed by atoms with E-state index in [4.69, 9.17) is 0 Å². The summed E-state index contributed by atoms with van der Waals surface area (Å²) in [5.74, 6) is 6.15. The van der Waals surface area contributed by atoms with E-state index in [0.717, 1.165) is 114 Å². The van der Waals surface area contributed by atoms with Gasteiger partial charge in [0.15, 0.2) is 0 Å². The number of unbranched alkanes of at least 4 members (excludes halogenated alkanes) is 29. The van der Waals surface area contributed by atoms with Gasteiger partial charge in [-0.15, -0.1) is 0 Å². The van der Waals surface area contributed by atoms with Gasteiger partial charge < -0.3 is 62.1 Å². The summed E-state index contributed by atoms with van der Waals surface area (Å²) < 4.78 is 0. The molecule has 656 valence electrons. The quantitative estimate of drug-likeness (QED) is 0.0214. The molecule has 0 spiro atoms. The SMILES string of the molecule is CCCCC/C=C/CC1C(CCCCCC)C=CC(CCCCCCCC(=O)NCCNCCN2CCNC2=O)C1CCCCCCCC(=O)NCCN1CCN(CCNC(C)=O)C1=O.CCCCC/C=C/CC1C(CCCCCC)C=CC(CCCCCCCC)C1CCCCCCCC(=O)NCCNCCN1CCNC1=O. The van der Waals surface area contributed by atoms with Gasteiger partial charge in [-0.1, -0.05) is 276 Å². The lowest BCUT2D eigenvalue weighted by Gasteiger charge is -2.40. The van der Waals surface area contributed by atoms with Crippen LogP contribution < -0.4 is 42.5 Å². The highest BCUT2D eigenvalue weighted by molar-refractivity contribution is 5.78. The Morgan fingerprint density at radius 3 is 1.00 bits per heavy atom. The number of nitrogens with zero attached hydrogens (tertiary/aromatic N) is 4. The van der Waals surface area contributed by atoms with Crippen molar-refractivity contribution >= 4 is 41.7 Å². The molecule has 0 aromatic heterocycles. The third-order valence-electron chi connectivity index (χ3n) is 25.0. The van der Waals surface area contributed by atoms with E-state index >= 15 is 0 Å². The molecule has 0 radical (unpaired) electrons. The van der Waals surface area contributed by atoms with Crippen LogP contribution in [-0.4, -0.2) is 179 Å². The number of carbonyl (C=O) groups excluding carboxylic acids is 7. The lowest BCUT2D eigenvalue weighted by atomic mass is 9.65. The molecule has 3 saturated heterocycles. The lowest BCUT2D eigenvalue weighted by molar-refractivity contribution is -0.122. The normalized spacial score (nSPS) is 20.2. The molecule has 8 unspecified atom stereocenters. The smallest absolute Gasteiger partial charge is 0.320 e. The topological polar surface area (TPSA) is 229 Å². The van der Waals surface area contributed by atoms with Crippen LogP contribution in [0.25, 0.3) is 0 Å². The minimum absolute atomic E-state index is 0.0105. The Morgan fingerprint density at radius 1 is 0.333 bits per heavy atom. The highest BCUT2D eigenvalue weighted by atomic mass is 16.2. The second-order valence-electron chi connectivity index (χ2n) is 34.4. The molecule has 2 aliphatic carbocycles. The maximum Gasteiger partial charge on any atom is 0.320 e. The van der Waals surface area contributed by atoms with Crippen LogP contribution >= 0.6 is 0 Å². The molecule has 0 aromatic carbocycles. The summed E-state index contributed by atoms with van der Waals surface area (Å²) in [5, 5.41) is 24.1. The summed E-state index contributed by atoms with van der Waals surface area (Å²) in [6.45, 7) is 24.9. The minimum atomic E-state index is -0.0930. The molecule has 8 atom stereocenters. The second-order valence-corrected chi connectivity index (χ2v) is 34.4. The Hall–Kier alpha value is -5.43. The Bertz CT molecular complexity index is 2600. The molecular formula is C95H174N12O7. The van der Waals surface area contributed by atoms with Crippen LogP contribution in [0, 0.1) is 47.3 Å². The molecule has 19 heteroatoms. The van der Waals surface area contributed by atoms with Gasteiger partial charge in [-0.3, -0.25) is 19.2 Å². The highest BCUT2D eigenvalue weighted by Gasteiger charge is 2.37. The van der Waals surface area contributed by atoms with Crippen molar-refractivity contribution in [3.8, 4) is 0 Å². The van der Waals surface area contributed by atoms with Gasteiger partial charge in [0.2, 0.25) is 23.6 Å². The summed E-state index contributed by atoms with van der Waals surface area (Å²) in [5.41, 5.74) is 0. The second kappa shape index (κ2) is 68.5. The largest absolute Gasteiger partial charge is 0.355 e. The van der Waals surface area contributed by atoms with Gasteiger partial charge in [-0.25, -0.2) is 14.4 Å². The van der Waals surface area contributed by atoms with Crippen molar-refractivity contribution in [2.45, 2.75) is 350 Å². The molecule has 8 N–H and O–H groups in total. The van der Waals surface area contributed by atoms with Gasteiger partial charge in [0, 0.05) is 144 Å². The number of hydrogen-bond donors (Lipinski definition) is 8. The predicted molar refractivity (Wildman–Crippen MR) is 476 cm³/mol. The van der Waals surface area contributed by atoms with Crippen LogP contribution in [0.15, 0.2) is 48.6 Å². The van der Waals surface area contributed by atoms with Crippen molar-refractivity contribution in [2.75, 3.05) is 118 Å². The Kier molecular flexibility index (Phi) is 60.6. The fraction of sp³-hybridized carbons (Fsp3) is 0.842. The molecule has 5 rings (SSSR count). The van der Waals surface area contributed by atoms with Gasteiger partial charge >= 0.3 is 18.1 Å². The Morgan fingerprint density at radius 2 is 0.640 bits per heavy atom. The van der Waals surface area contributed by atoms with Crippen LogP contribution in [-0.2, 0) is 19.2 Å². The van der Waals surface area contributed by atoms with Crippen molar-refractivity contribution in [1.29, 1.82) is 0 Å². The van der Waals surface area contributed by atoms with E-state index in [1.165, 1.54) is 251 Å². The molecule has 0 bridgehead atoms. The highest BCUT2D eigenvalue weighted by Crippen LogP contribution is 2.46. The van der Waals surface area contributed by atoms with Crippen LogP contribution in [0.4, 0.5) is 14.4 Å². The summed E-state index contributed by atoms with van der Waals surface area (Å²) in [4.78, 5) is 91.6. The zero-order valence-corrected chi connectivity index (χ0v) is 74.1. The summed E-state index contributed by atoms with van der Waals surface area (Å²) in [6, 6.07) is 0.0137. The summed E-state index contributed by atoms with van der Waals surface area (Å²) in [6.07, 6.45) is 79.6. The van der Waals surface area contributed by atoms with E-state index in [9.17, 15) is 33.6 Å². The summed E-state index contributed by atoms with van der Waals surface area (Å²) in [7, 11) is 0. The van der Waals surface area contributed by atoms with E-state index in [2.05, 4.69) is 126 Å². The van der Waals surface area contributed by atoms with Crippen molar-refractivity contribution in [3.63, 3.8) is 0 Å². The van der Waals surface area contributed by atoms with E-state index in [1.54, 1.807) is 9.80 Å². The third kappa shape index (κ3) is 47.8. The standard InChI is InChI=1S/C52H94N8O5.C43H80N4O2/c1-4-6-8-10-14-20-26-47-45(24-18-9-7-5-2)30-31-46(25-19-13-11-16-22-28-49(62)55-33-32-53-34-38-58-39-37-57-51(58)64)48(47)27-21-15-12-17-23-29-50(63)56-36-41-60-43-42-59(52(60)65)40-35-54-44(3)61;1-4-7-10-13-16-21-26-39-31-30-38(25-20-12-9-6-3)40(27-22-17-14-11-8-5-2)41(39)28-23-18-15-19-24-29-42(48)45-33-32-44-34-36-47-37-35-46-43(47)49/h14,20,30-31,45-48,53H,4-13,15-19,21-29,32-43H2,1-3H3,(H,54,61)(H,55,62)(H,56,63)(H,57,64);17,22,30-31,38-41,44H,4-16,18-21,23-29,32-37H2,1-3H3,(H,45,48)(H,46,49)/b20-14+;22-17+. The van der Waals surface area contributed by atoms with E-state index in [0.29, 0.717) is 115 Å². The number of urea groups is 3. The van der Waals surface area contributed by atoms with Gasteiger partial charge in [0.25, 0.3) is 0 Å². The van der Waals surface area contributed by atoms with Gasteiger partial charge in [-0.05, 0) is 144 Å². The fourth-order valence-electron chi connectivity index (χ4n) is 18.1. The fourth-order valence-corrected chi connectivity index (χ4v) is 18.1. The van der Waals surface area contributed by atoms with Crippen molar-refractivity contribution in [2.24, 2.45) is 47.3 Å². The minimum Gasteiger partial charge on any atom is -0.355 e. The number of allylic oxidation sites excluding steroid dienone is 8. The molecule has 0 saturated carbocycles. The number of nitrogens with one attached hydrogen (secondary N) is 8. The zero-order valence-electron chi connectivity index (χ0n) is 74.1. The molecule has 3 heterocycles. The van der Waals surface area contributed by atoms with Gasteiger partial charge in [0.05, 0.1) is 0 Å². The molecule has 3 fully saturated rings. The number of hydrogen-bond acceptors (Lipinski definition) is 9. The maximum absolute atomic E-state index is 12.6. The van der Waals surface area contributed by atoms with Crippen LogP contribution in [0.3, 0.4) is 0 Å². The average molecular weight is 1600 g/mol. The van der Waals surface area contributed by atoms with Crippen LogP contribution in [0.2, 0.25) is 0 Å². The van der Waals surface area contributed by atoms with Gasteiger partial charge in [0.1, 0.15) is 0 Å². The van der Waals surface area contributed by atoms with E-state index < -0.39 is 0 Å². The third-order valence-corrected chi connectivity index (χ3v) is 25.0. The molecule has 114 heavy (non-hydrogen) atoms.